The maximum absolute atomic E-state index is 12.1. The Labute approximate surface area is 169 Å². The van der Waals surface area contributed by atoms with Crippen molar-refractivity contribution in [3.63, 3.8) is 0 Å². The first-order valence-electron chi connectivity index (χ1n) is 9.15. The normalized spacial score (nSPS) is 10.6. The highest BCUT2D eigenvalue weighted by Gasteiger charge is 2.11. The van der Waals surface area contributed by atoms with E-state index in [4.69, 9.17) is 4.74 Å². The van der Waals surface area contributed by atoms with Crippen molar-refractivity contribution in [3.05, 3.63) is 60.2 Å². The van der Waals surface area contributed by atoms with Gasteiger partial charge in [0.1, 0.15) is 5.75 Å². The molecule has 0 radical (unpaired) electrons. The van der Waals surface area contributed by atoms with Crippen LogP contribution in [0.4, 0.5) is 0 Å². The van der Waals surface area contributed by atoms with E-state index in [1.54, 1.807) is 7.11 Å². The topological polar surface area (TPSA) is 69.0 Å². The van der Waals surface area contributed by atoms with E-state index in [0.29, 0.717) is 18.7 Å². The molecule has 1 aromatic heterocycles. The highest BCUT2D eigenvalue weighted by Crippen LogP contribution is 2.22. The Hall–Kier alpha value is -2.80. The van der Waals surface area contributed by atoms with Crippen molar-refractivity contribution in [1.29, 1.82) is 0 Å². The Kier molecular flexibility index (Phi) is 7.08. The van der Waals surface area contributed by atoms with Gasteiger partial charge in [0.25, 0.3) is 0 Å². The maximum atomic E-state index is 12.1. The summed E-state index contributed by atoms with van der Waals surface area (Å²) in [6.45, 7) is 0.589. The molecule has 3 rings (SSSR count). The fourth-order valence-electron chi connectivity index (χ4n) is 2.85. The van der Waals surface area contributed by atoms with Crippen LogP contribution in [0.25, 0.3) is 11.4 Å². The van der Waals surface area contributed by atoms with Crippen LogP contribution in [-0.4, -0.2) is 40.1 Å². The largest absolute Gasteiger partial charge is 0.496 e. The molecule has 0 saturated carbocycles. The quantitative estimate of drug-likeness (QED) is 0.562. The van der Waals surface area contributed by atoms with Crippen molar-refractivity contribution in [2.45, 2.75) is 18.0 Å². The summed E-state index contributed by atoms with van der Waals surface area (Å²) in [5.74, 6) is 2.36. The molecule has 6 nitrogen and oxygen atoms in total. The number of hydrogen-bond acceptors (Lipinski definition) is 5. The van der Waals surface area contributed by atoms with Gasteiger partial charge in [0.2, 0.25) is 5.91 Å². The molecular formula is C21H24N4O2S. The van der Waals surface area contributed by atoms with Crippen LogP contribution in [0.1, 0.15) is 12.0 Å². The van der Waals surface area contributed by atoms with Crippen LogP contribution < -0.4 is 10.1 Å². The second-order valence-corrected chi connectivity index (χ2v) is 7.30. The standard InChI is InChI=1S/C21H24N4O2S/c1-25-20(17-9-4-3-5-10-17)23-24-21(25)28-15-13-19(26)22-14-12-16-8-6-7-11-18(16)27-2/h3-11H,12-15H2,1-2H3,(H,22,26). The molecule has 1 heterocycles. The monoisotopic (exact) mass is 396 g/mol. The SMILES string of the molecule is COc1ccccc1CCNC(=O)CCSc1nnc(-c2ccccc2)n1C. The number of para-hydroxylation sites is 1. The molecule has 0 saturated heterocycles. The predicted octanol–water partition coefficient (Wildman–Crippen LogP) is 3.33. The number of carbonyl (C=O) groups excluding carboxylic acids is 1. The number of benzene rings is 2. The third kappa shape index (κ3) is 5.13. The van der Waals surface area contributed by atoms with Gasteiger partial charge in [-0.2, -0.15) is 0 Å². The van der Waals surface area contributed by atoms with Crippen LogP contribution in [0.15, 0.2) is 59.8 Å². The molecule has 0 aliphatic rings. The zero-order chi connectivity index (χ0) is 19.8. The van der Waals surface area contributed by atoms with Crippen LogP contribution in [0, 0.1) is 0 Å². The van der Waals surface area contributed by atoms with E-state index in [1.165, 1.54) is 11.8 Å². The number of amides is 1. The average molecular weight is 397 g/mol. The Morgan fingerprint density at radius 1 is 1.11 bits per heavy atom. The summed E-state index contributed by atoms with van der Waals surface area (Å²) in [4.78, 5) is 12.1. The first-order chi connectivity index (χ1) is 13.7. The van der Waals surface area contributed by atoms with Gasteiger partial charge < -0.3 is 14.6 Å². The lowest BCUT2D eigenvalue weighted by Crippen LogP contribution is -2.26. The number of nitrogens with zero attached hydrogens (tertiary/aromatic N) is 3. The van der Waals surface area contributed by atoms with Crippen molar-refractivity contribution >= 4 is 17.7 Å². The average Bonchev–Trinajstić information content (AvgIpc) is 3.09. The molecule has 0 aliphatic heterocycles. The van der Waals surface area contributed by atoms with Gasteiger partial charge in [-0.1, -0.05) is 60.3 Å². The Morgan fingerprint density at radius 3 is 2.64 bits per heavy atom. The number of nitrogens with one attached hydrogen (secondary N) is 1. The van der Waals surface area contributed by atoms with Crippen LogP contribution in [-0.2, 0) is 18.3 Å². The molecule has 0 fully saturated rings. The van der Waals surface area contributed by atoms with Gasteiger partial charge in [-0.3, -0.25) is 4.79 Å². The molecule has 0 atom stereocenters. The predicted molar refractivity (Wildman–Crippen MR) is 111 cm³/mol. The van der Waals surface area contributed by atoms with Crippen LogP contribution in [0.2, 0.25) is 0 Å². The molecule has 3 aromatic rings. The summed E-state index contributed by atoms with van der Waals surface area (Å²) >= 11 is 1.54. The van der Waals surface area contributed by atoms with Crippen molar-refractivity contribution in [2.24, 2.45) is 7.05 Å². The fraction of sp³-hybridized carbons (Fsp3) is 0.286. The van der Waals surface area contributed by atoms with Crippen LogP contribution in [0.5, 0.6) is 5.75 Å². The first kappa shape index (κ1) is 19.9. The van der Waals surface area contributed by atoms with Crippen LogP contribution >= 0.6 is 11.8 Å². The summed E-state index contributed by atoms with van der Waals surface area (Å²) in [5.41, 5.74) is 2.12. The smallest absolute Gasteiger partial charge is 0.220 e. The van der Waals surface area contributed by atoms with E-state index in [0.717, 1.165) is 34.3 Å². The molecule has 1 N–H and O–H groups in total. The summed E-state index contributed by atoms with van der Waals surface area (Å²) in [7, 11) is 3.60. The van der Waals surface area contributed by atoms with E-state index in [2.05, 4.69) is 15.5 Å². The minimum absolute atomic E-state index is 0.0350. The maximum Gasteiger partial charge on any atom is 0.220 e. The molecule has 0 bridgehead atoms. The molecule has 7 heteroatoms. The van der Waals surface area contributed by atoms with Gasteiger partial charge in [-0.05, 0) is 18.1 Å². The molecule has 2 aromatic carbocycles. The molecule has 1 amide bonds. The first-order valence-corrected chi connectivity index (χ1v) is 10.1. The number of carbonyl (C=O) groups is 1. The van der Waals surface area contributed by atoms with E-state index >= 15 is 0 Å². The zero-order valence-corrected chi connectivity index (χ0v) is 16.9. The Balaban J connectivity index is 1.43. The number of ether oxygens (including phenoxy) is 1. The lowest BCUT2D eigenvalue weighted by atomic mass is 10.1. The number of methoxy groups -OCH3 is 1. The van der Waals surface area contributed by atoms with Gasteiger partial charge in [0, 0.05) is 31.3 Å². The van der Waals surface area contributed by atoms with Crippen LogP contribution in [0.3, 0.4) is 0 Å². The van der Waals surface area contributed by atoms with E-state index in [-0.39, 0.29) is 5.91 Å². The second-order valence-electron chi connectivity index (χ2n) is 6.24. The number of thioether (sulfide) groups is 1. The van der Waals surface area contributed by atoms with Gasteiger partial charge >= 0.3 is 0 Å². The Bertz CT molecular complexity index is 912. The molecule has 0 unspecified atom stereocenters. The fourth-order valence-corrected chi connectivity index (χ4v) is 3.70. The number of aromatic nitrogens is 3. The van der Waals surface area contributed by atoms with Crippen molar-refractivity contribution in [2.75, 3.05) is 19.4 Å². The summed E-state index contributed by atoms with van der Waals surface area (Å²) < 4.78 is 7.29. The third-order valence-corrected chi connectivity index (χ3v) is 5.36. The van der Waals surface area contributed by atoms with E-state index < -0.39 is 0 Å². The van der Waals surface area contributed by atoms with E-state index in [1.807, 2.05) is 66.2 Å². The van der Waals surface area contributed by atoms with Crippen molar-refractivity contribution in [1.82, 2.24) is 20.1 Å². The molecule has 28 heavy (non-hydrogen) atoms. The molecule has 0 aliphatic carbocycles. The molecule has 0 spiro atoms. The van der Waals surface area contributed by atoms with Crippen molar-refractivity contribution < 1.29 is 9.53 Å². The minimum Gasteiger partial charge on any atom is -0.496 e. The summed E-state index contributed by atoms with van der Waals surface area (Å²) in [6.07, 6.45) is 1.18. The van der Waals surface area contributed by atoms with Gasteiger partial charge in [-0.25, -0.2) is 0 Å². The number of hydrogen-bond donors (Lipinski definition) is 1. The minimum atomic E-state index is 0.0350. The third-order valence-electron chi connectivity index (χ3n) is 4.34. The summed E-state index contributed by atoms with van der Waals surface area (Å²) in [6, 6.07) is 17.8. The zero-order valence-electron chi connectivity index (χ0n) is 16.1. The second kappa shape index (κ2) is 9.94. The lowest BCUT2D eigenvalue weighted by molar-refractivity contribution is -0.120. The van der Waals surface area contributed by atoms with Gasteiger partial charge in [0.05, 0.1) is 7.11 Å². The summed E-state index contributed by atoms with van der Waals surface area (Å²) in [5, 5.41) is 12.3. The highest BCUT2D eigenvalue weighted by molar-refractivity contribution is 7.99. The van der Waals surface area contributed by atoms with Crippen molar-refractivity contribution in [3.8, 4) is 17.1 Å². The van der Waals surface area contributed by atoms with Gasteiger partial charge in [-0.15, -0.1) is 10.2 Å². The van der Waals surface area contributed by atoms with E-state index in [9.17, 15) is 4.79 Å². The lowest BCUT2D eigenvalue weighted by Gasteiger charge is -2.09. The Morgan fingerprint density at radius 2 is 1.86 bits per heavy atom. The van der Waals surface area contributed by atoms with Gasteiger partial charge in [0.15, 0.2) is 11.0 Å². The molecular weight excluding hydrogens is 372 g/mol. The number of rotatable bonds is 9. The highest BCUT2D eigenvalue weighted by atomic mass is 32.2. The molecule has 146 valence electrons.